The van der Waals surface area contributed by atoms with Gasteiger partial charge in [0.2, 0.25) is 0 Å². The molecule has 0 aromatic heterocycles. The Labute approximate surface area is 115 Å². The van der Waals surface area contributed by atoms with Crippen LogP contribution in [0.3, 0.4) is 0 Å². The summed E-state index contributed by atoms with van der Waals surface area (Å²) in [6.45, 7) is 1.75. The zero-order valence-corrected chi connectivity index (χ0v) is 11.1. The molecule has 0 amide bonds. The molecule has 100 valence electrons. The van der Waals surface area contributed by atoms with Crippen LogP contribution in [0.2, 0.25) is 5.02 Å². The number of hydrogen-bond donors (Lipinski definition) is 1. The Kier molecular flexibility index (Phi) is 4.17. The van der Waals surface area contributed by atoms with Gasteiger partial charge in [-0.15, -0.1) is 0 Å². The van der Waals surface area contributed by atoms with Crippen LogP contribution >= 0.6 is 11.6 Å². The number of halogens is 3. The largest absolute Gasteiger partial charge is 0.388 e. The number of benzene rings is 2. The van der Waals surface area contributed by atoms with Crippen molar-refractivity contribution in [3.8, 4) is 0 Å². The van der Waals surface area contributed by atoms with E-state index in [2.05, 4.69) is 0 Å². The van der Waals surface area contributed by atoms with E-state index in [1.165, 1.54) is 30.3 Å². The number of hydrogen-bond acceptors (Lipinski definition) is 1. The second-order valence-corrected chi connectivity index (χ2v) is 4.89. The van der Waals surface area contributed by atoms with E-state index < -0.39 is 11.9 Å². The molecule has 1 atom stereocenters. The first-order chi connectivity index (χ1) is 8.97. The van der Waals surface area contributed by atoms with Gasteiger partial charge in [-0.3, -0.25) is 0 Å². The molecule has 0 fully saturated rings. The van der Waals surface area contributed by atoms with Crippen LogP contribution in [0.5, 0.6) is 0 Å². The fraction of sp³-hybridized carbons (Fsp3) is 0.200. The molecule has 0 spiro atoms. The van der Waals surface area contributed by atoms with Crippen molar-refractivity contribution in [2.24, 2.45) is 0 Å². The van der Waals surface area contributed by atoms with Gasteiger partial charge in [-0.1, -0.05) is 17.7 Å². The van der Waals surface area contributed by atoms with Gasteiger partial charge in [0.1, 0.15) is 11.6 Å². The van der Waals surface area contributed by atoms with E-state index in [1.54, 1.807) is 13.0 Å². The maximum Gasteiger partial charge on any atom is 0.129 e. The van der Waals surface area contributed by atoms with Crippen molar-refractivity contribution in [1.82, 2.24) is 0 Å². The quantitative estimate of drug-likeness (QED) is 0.894. The van der Waals surface area contributed by atoms with E-state index in [0.717, 1.165) is 11.1 Å². The molecule has 2 rings (SSSR count). The van der Waals surface area contributed by atoms with Crippen molar-refractivity contribution in [1.29, 1.82) is 0 Å². The summed E-state index contributed by atoms with van der Waals surface area (Å²) >= 11 is 5.79. The van der Waals surface area contributed by atoms with E-state index in [9.17, 15) is 13.9 Å². The minimum Gasteiger partial charge on any atom is -0.388 e. The van der Waals surface area contributed by atoms with Crippen LogP contribution in [0, 0.1) is 18.6 Å². The average molecular weight is 283 g/mol. The summed E-state index contributed by atoms with van der Waals surface area (Å²) in [5.74, 6) is -0.832. The maximum absolute atomic E-state index is 13.6. The third-order valence-corrected chi connectivity index (χ3v) is 3.27. The summed E-state index contributed by atoms with van der Waals surface area (Å²) in [4.78, 5) is 0. The highest BCUT2D eigenvalue weighted by Crippen LogP contribution is 2.25. The van der Waals surface area contributed by atoms with Crippen molar-refractivity contribution in [3.63, 3.8) is 0 Å². The maximum atomic E-state index is 13.6. The summed E-state index contributed by atoms with van der Waals surface area (Å²) in [6.07, 6.45) is -0.800. The van der Waals surface area contributed by atoms with Crippen LogP contribution in [0.25, 0.3) is 0 Å². The normalized spacial score (nSPS) is 12.5. The van der Waals surface area contributed by atoms with Crippen molar-refractivity contribution in [3.05, 3.63) is 69.7 Å². The summed E-state index contributed by atoms with van der Waals surface area (Å²) < 4.78 is 26.6. The van der Waals surface area contributed by atoms with Crippen LogP contribution in [-0.4, -0.2) is 5.11 Å². The molecule has 0 aliphatic heterocycles. The van der Waals surface area contributed by atoms with Crippen molar-refractivity contribution in [2.45, 2.75) is 19.4 Å². The molecule has 0 aliphatic carbocycles. The van der Waals surface area contributed by atoms with Gasteiger partial charge in [-0.25, -0.2) is 8.78 Å². The van der Waals surface area contributed by atoms with Gasteiger partial charge in [0.15, 0.2) is 0 Å². The van der Waals surface area contributed by atoms with Crippen molar-refractivity contribution >= 4 is 11.6 Å². The van der Waals surface area contributed by atoms with E-state index in [4.69, 9.17) is 11.6 Å². The Hall–Kier alpha value is -1.45. The third-order valence-electron chi connectivity index (χ3n) is 3.03. The first-order valence-electron chi connectivity index (χ1n) is 5.85. The second kappa shape index (κ2) is 5.68. The number of aliphatic hydroxyl groups is 1. The van der Waals surface area contributed by atoms with Gasteiger partial charge in [-0.2, -0.15) is 0 Å². The van der Waals surface area contributed by atoms with Gasteiger partial charge < -0.3 is 5.11 Å². The average Bonchev–Trinajstić information content (AvgIpc) is 2.35. The van der Waals surface area contributed by atoms with Crippen LogP contribution in [-0.2, 0) is 6.42 Å². The summed E-state index contributed by atoms with van der Waals surface area (Å²) in [5, 5.41) is 10.4. The lowest BCUT2D eigenvalue weighted by Crippen LogP contribution is -2.05. The highest BCUT2D eigenvalue weighted by atomic mass is 35.5. The molecule has 0 radical (unpaired) electrons. The highest BCUT2D eigenvalue weighted by Gasteiger charge is 2.15. The first kappa shape index (κ1) is 14.0. The van der Waals surface area contributed by atoms with Gasteiger partial charge in [0, 0.05) is 17.0 Å². The van der Waals surface area contributed by atoms with E-state index in [-0.39, 0.29) is 17.8 Å². The molecule has 0 aliphatic rings. The predicted octanol–water partition coefficient (Wildman–Crippen LogP) is 4.20. The van der Waals surface area contributed by atoms with Crippen molar-refractivity contribution in [2.75, 3.05) is 0 Å². The smallest absolute Gasteiger partial charge is 0.129 e. The van der Waals surface area contributed by atoms with E-state index in [0.29, 0.717) is 5.02 Å². The SMILES string of the molecule is Cc1cc(F)ccc1CC(O)c1cc(Cl)ccc1F. The van der Waals surface area contributed by atoms with Crippen LogP contribution < -0.4 is 0 Å². The highest BCUT2D eigenvalue weighted by molar-refractivity contribution is 6.30. The van der Waals surface area contributed by atoms with Gasteiger partial charge in [0.25, 0.3) is 0 Å². The molecule has 0 saturated heterocycles. The topological polar surface area (TPSA) is 20.2 Å². The first-order valence-corrected chi connectivity index (χ1v) is 6.23. The van der Waals surface area contributed by atoms with E-state index >= 15 is 0 Å². The fourth-order valence-corrected chi connectivity index (χ4v) is 2.16. The zero-order chi connectivity index (χ0) is 14.0. The van der Waals surface area contributed by atoms with Gasteiger partial charge in [-0.05, 0) is 48.4 Å². The number of rotatable bonds is 3. The van der Waals surface area contributed by atoms with Crippen LogP contribution in [0.4, 0.5) is 8.78 Å². The summed E-state index contributed by atoms with van der Waals surface area (Å²) in [6, 6.07) is 8.35. The molecule has 1 nitrogen and oxygen atoms in total. The Balaban J connectivity index is 2.25. The fourth-order valence-electron chi connectivity index (χ4n) is 1.98. The van der Waals surface area contributed by atoms with Crippen LogP contribution in [0.1, 0.15) is 22.8 Å². The standard InChI is InChI=1S/C15H13ClF2O/c1-9-6-12(17)4-2-10(9)7-15(19)13-8-11(16)3-5-14(13)18/h2-6,8,15,19H,7H2,1H3. The molecule has 2 aromatic rings. The Bertz CT molecular complexity index is 599. The lowest BCUT2D eigenvalue weighted by atomic mass is 9.98. The number of aryl methyl sites for hydroxylation is 1. The molecular formula is C15H13ClF2O. The molecule has 4 heteroatoms. The minimum atomic E-state index is -1.01. The monoisotopic (exact) mass is 282 g/mol. The Morgan fingerprint density at radius 2 is 1.89 bits per heavy atom. The lowest BCUT2D eigenvalue weighted by Gasteiger charge is -2.14. The second-order valence-electron chi connectivity index (χ2n) is 4.46. The molecule has 2 aromatic carbocycles. The zero-order valence-electron chi connectivity index (χ0n) is 10.3. The summed E-state index contributed by atoms with van der Waals surface area (Å²) in [5.41, 5.74) is 1.64. The van der Waals surface area contributed by atoms with Crippen LogP contribution in [0.15, 0.2) is 36.4 Å². The van der Waals surface area contributed by atoms with Crippen molar-refractivity contribution < 1.29 is 13.9 Å². The molecule has 0 bridgehead atoms. The lowest BCUT2D eigenvalue weighted by molar-refractivity contribution is 0.173. The molecule has 19 heavy (non-hydrogen) atoms. The van der Waals surface area contributed by atoms with Gasteiger partial charge >= 0.3 is 0 Å². The summed E-state index contributed by atoms with van der Waals surface area (Å²) in [7, 11) is 0. The van der Waals surface area contributed by atoms with Gasteiger partial charge in [0.05, 0.1) is 6.10 Å². The Morgan fingerprint density at radius 1 is 1.16 bits per heavy atom. The molecule has 1 N–H and O–H groups in total. The molecule has 0 heterocycles. The Morgan fingerprint density at radius 3 is 2.58 bits per heavy atom. The third kappa shape index (κ3) is 3.31. The predicted molar refractivity (Wildman–Crippen MR) is 71.2 cm³/mol. The van der Waals surface area contributed by atoms with E-state index in [1.807, 2.05) is 0 Å². The molecular weight excluding hydrogens is 270 g/mol. The molecule has 0 saturated carbocycles. The molecule has 1 unspecified atom stereocenters. The number of aliphatic hydroxyl groups excluding tert-OH is 1. The minimum absolute atomic E-state index is 0.149.